The number of benzene rings is 1. The highest BCUT2D eigenvalue weighted by Gasteiger charge is 2.41. The molecule has 6 heteroatoms. The zero-order valence-corrected chi connectivity index (χ0v) is 14.1. The fraction of sp³-hybridized carbons (Fsp3) is 0.533. The molecule has 0 heterocycles. The Bertz CT molecular complexity index is 529. The van der Waals surface area contributed by atoms with Gasteiger partial charge in [-0.3, -0.25) is 4.79 Å². The Morgan fingerprint density at radius 1 is 1.14 bits per heavy atom. The Hall–Kier alpha value is -1.43. The molecule has 1 saturated carbocycles. The van der Waals surface area contributed by atoms with Crippen molar-refractivity contribution in [1.29, 1.82) is 0 Å². The third kappa shape index (κ3) is 3.43. The molecule has 5 nitrogen and oxygen atoms in total. The van der Waals surface area contributed by atoms with Crippen LogP contribution in [0, 0.1) is 5.41 Å². The molecular formula is C15H20BrNO4. The average Bonchev–Trinajstić information content (AvgIpc) is 3.31. The Kier molecular flexibility index (Phi) is 4.98. The van der Waals surface area contributed by atoms with E-state index in [1.807, 2.05) is 0 Å². The number of hydrogen-bond acceptors (Lipinski definition) is 4. The minimum Gasteiger partial charge on any atom is -0.496 e. The first kappa shape index (κ1) is 15.9. The maximum Gasteiger partial charge on any atom is 0.255 e. The van der Waals surface area contributed by atoms with Crippen LogP contribution in [0.2, 0.25) is 0 Å². The standard InChI is InChI=1S/C15H20BrNO4/c1-19-11-7-13(21-3)12(20-2)6-10(11)14(18)17-9-15(8-16)4-5-15/h6-7H,4-5,8-9H2,1-3H3,(H,17,18). The van der Waals surface area contributed by atoms with Crippen molar-refractivity contribution < 1.29 is 19.0 Å². The van der Waals surface area contributed by atoms with Gasteiger partial charge in [0, 0.05) is 24.0 Å². The summed E-state index contributed by atoms with van der Waals surface area (Å²) in [6, 6.07) is 3.30. The molecule has 116 valence electrons. The van der Waals surface area contributed by atoms with E-state index >= 15 is 0 Å². The van der Waals surface area contributed by atoms with Gasteiger partial charge in [-0.25, -0.2) is 0 Å². The van der Waals surface area contributed by atoms with Gasteiger partial charge in [0.1, 0.15) is 5.75 Å². The first-order valence-electron chi connectivity index (χ1n) is 6.73. The molecule has 1 aromatic carbocycles. The average molecular weight is 358 g/mol. The Morgan fingerprint density at radius 3 is 2.19 bits per heavy atom. The fourth-order valence-electron chi connectivity index (χ4n) is 2.10. The highest BCUT2D eigenvalue weighted by Crippen LogP contribution is 2.46. The Labute approximate surface area is 133 Å². The van der Waals surface area contributed by atoms with Crippen LogP contribution in [0.5, 0.6) is 17.2 Å². The van der Waals surface area contributed by atoms with Crippen molar-refractivity contribution in [3.63, 3.8) is 0 Å². The van der Waals surface area contributed by atoms with E-state index in [1.54, 1.807) is 19.2 Å². The van der Waals surface area contributed by atoms with E-state index in [4.69, 9.17) is 14.2 Å². The van der Waals surface area contributed by atoms with Crippen LogP contribution < -0.4 is 19.5 Å². The third-order valence-corrected chi connectivity index (χ3v) is 5.00. The Morgan fingerprint density at radius 2 is 1.71 bits per heavy atom. The summed E-state index contributed by atoms with van der Waals surface area (Å²) >= 11 is 3.50. The number of methoxy groups -OCH3 is 3. The maximum absolute atomic E-state index is 12.4. The molecule has 1 N–H and O–H groups in total. The number of carbonyl (C=O) groups excluding carboxylic acids is 1. The van der Waals surface area contributed by atoms with Gasteiger partial charge in [-0.2, -0.15) is 0 Å². The summed E-state index contributed by atoms with van der Waals surface area (Å²) in [4.78, 5) is 12.4. The number of nitrogens with one attached hydrogen (secondary N) is 1. The fourth-order valence-corrected chi connectivity index (χ4v) is 2.86. The summed E-state index contributed by atoms with van der Waals surface area (Å²) < 4.78 is 15.7. The van der Waals surface area contributed by atoms with Crippen molar-refractivity contribution in [1.82, 2.24) is 5.32 Å². The summed E-state index contributed by atoms with van der Waals surface area (Å²) in [5.74, 6) is 1.34. The lowest BCUT2D eigenvalue weighted by atomic mass is 10.1. The van der Waals surface area contributed by atoms with E-state index in [9.17, 15) is 4.79 Å². The molecule has 0 radical (unpaired) electrons. The second kappa shape index (κ2) is 6.56. The number of halogens is 1. The molecule has 0 spiro atoms. The van der Waals surface area contributed by atoms with Crippen LogP contribution >= 0.6 is 15.9 Å². The number of ether oxygens (including phenoxy) is 3. The molecule has 2 rings (SSSR count). The van der Waals surface area contributed by atoms with Crippen molar-refractivity contribution in [2.45, 2.75) is 12.8 Å². The van der Waals surface area contributed by atoms with Gasteiger partial charge < -0.3 is 19.5 Å². The van der Waals surface area contributed by atoms with E-state index in [1.165, 1.54) is 14.2 Å². The number of alkyl halides is 1. The molecule has 0 atom stereocenters. The monoisotopic (exact) mass is 357 g/mol. The van der Waals surface area contributed by atoms with Crippen molar-refractivity contribution in [3.05, 3.63) is 17.7 Å². The van der Waals surface area contributed by atoms with Crippen molar-refractivity contribution in [3.8, 4) is 17.2 Å². The molecule has 1 aliphatic carbocycles. The molecule has 0 aliphatic heterocycles. The number of rotatable bonds is 7. The lowest BCUT2D eigenvalue weighted by Gasteiger charge is -2.16. The molecule has 1 fully saturated rings. The second-order valence-corrected chi connectivity index (χ2v) is 5.78. The summed E-state index contributed by atoms with van der Waals surface area (Å²) in [5, 5.41) is 3.88. The van der Waals surface area contributed by atoms with Crippen molar-refractivity contribution in [2.75, 3.05) is 33.2 Å². The van der Waals surface area contributed by atoms with Gasteiger partial charge in [0.25, 0.3) is 5.91 Å². The van der Waals surface area contributed by atoms with Crippen LogP contribution in [-0.4, -0.2) is 39.1 Å². The quantitative estimate of drug-likeness (QED) is 0.762. The smallest absolute Gasteiger partial charge is 0.255 e. The minimum absolute atomic E-state index is 0.167. The summed E-state index contributed by atoms with van der Waals surface area (Å²) in [5.41, 5.74) is 0.667. The van der Waals surface area contributed by atoms with Crippen molar-refractivity contribution in [2.24, 2.45) is 5.41 Å². The van der Waals surface area contributed by atoms with Crippen LogP contribution in [0.3, 0.4) is 0 Å². The highest BCUT2D eigenvalue weighted by molar-refractivity contribution is 9.09. The maximum atomic E-state index is 12.4. The molecule has 0 saturated heterocycles. The third-order valence-electron chi connectivity index (χ3n) is 3.81. The number of hydrogen-bond donors (Lipinski definition) is 1. The van der Waals surface area contributed by atoms with E-state index in [0.29, 0.717) is 29.4 Å². The van der Waals surface area contributed by atoms with E-state index < -0.39 is 0 Å². The number of amides is 1. The highest BCUT2D eigenvalue weighted by atomic mass is 79.9. The molecule has 21 heavy (non-hydrogen) atoms. The molecule has 0 bridgehead atoms. The molecule has 0 unspecified atom stereocenters. The first-order valence-corrected chi connectivity index (χ1v) is 7.85. The van der Waals surface area contributed by atoms with Gasteiger partial charge in [0.05, 0.1) is 26.9 Å². The van der Waals surface area contributed by atoms with Gasteiger partial charge in [-0.05, 0) is 18.3 Å². The topological polar surface area (TPSA) is 56.8 Å². The summed E-state index contributed by atoms with van der Waals surface area (Å²) in [6.45, 7) is 0.661. The van der Waals surface area contributed by atoms with Crippen LogP contribution in [0.1, 0.15) is 23.2 Å². The molecule has 1 aromatic rings. The van der Waals surface area contributed by atoms with Crippen LogP contribution in [0.25, 0.3) is 0 Å². The van der Waals surface area contributed by atoms with Crippen LogP contribution in [0.15, 0.2) is 12.1 Å². The molecular weight excluding hydrogens is 338 g/mol. The van der Waals surface area contributed by atoms with E-state index in [-0.39, 0.29) is 11.3 Å². The lowest BCUT2D eigenvalue weighted by Crippen LogP contribution is -2.31. The largest absolute Gasteiger partial charge is 0.496 e. The normalized spacial score (nSPS) is 15.2. The molecule has 0 aromatic heterocycles. The van der Waals surface area contributed by atoms with Gasteiger partial charge in [-0.15, -0.1) is 0 Å². The van der Waals surface area contributed by atoms with Crippen LogP contribution in [-0.2, 0) is 0 Å². The summed E-state index contributed by atoms with van der Waals surface area (Å²) in [7, 11) is 4.61. The lowest BCUT2D eigenvalue weighted by molar-refractivity contribution is 0.0943. The zero-order valence-electron chi connectivity index (χ0n) is 12.5. The predicted octanol–water partition coefficient (Wildman–Crippen LogP) is 2.62. The molecule has 1 amide bonds. The Balaban J connectivity index is 2.18. The summed E-state index contributed by atoms with van der Waals surface area (Å²) in [6.07, 6.45) is 2.28. The second-order valence-electron chi connectivity index (χ2n) is 5.22. The van der Waals surface area contributed by atoms with Crippen LogP contribution in [0.4, 0.5) is 0 Å². The SMILES string of the molecule is COc1cc(OC)c(C(=O)NCC2(CBr)CC2)cc1OC. The number of carbonyl (C=O) groups is 1. The zero-order chi connectivity index (χ0) is 15.5. The van der Waals surface area contributed by atoms with E-state index in [0.717, 1.165) is 18.2 Å². The first-order chi connectivity index (χ1) is 10.1. The van der Waals surface area contributed by atoms with Crippen molar-refractivity contribution >= 4 is 21.8 Å². The predicted molar refractivity (Wildman–Crippen MR) is 83.9 cm³/mol. The van der Waals surface area contributed by atoms with Gasteiger partial charge in [0.15, 0.2) is 11.5 Å². The minimum atomic E-state index is -0.167. The van der Waals surface area contributed by atoms with E-state index in [2.05, 4.69) is 21.2 Å². The van der Waals surface area contributed by atoms with Gasteiger partial charge >= 0.3 is 0 Å². The van der Waals surface area contributed by atoms with Gasteiger partial charge in [-0.1, -0.05) is 15.9 Å². The van der Waals surface area contributed by atoms with Gasteiger partial charge in [0.2, 0.25) is 0 Å². The molecule has 1 aliphatic rings.